The summed E-state index contributed by atoms with van der Waals surface area (Å²) in [6.07, 6.45) is -4.41. The topological polar surface area (TPSA) is 42.7 Å². The van der Waals surface area contributed by atoms with Crippen molar-refractivity contribution in [2.75, 3.05) is 7.05 Å². The van der Waals surface area contributed by atoms with Crippen molar-refractivity contribution in [3.05, 3.63) is 45.7 Å². The quantitative estimate of drug-likeness (QED) is 0.927. The second kappa shape index (κ2) is 5.53. The summed E-state index contributed by atoms with van der Waals surface area (Å²) >= 11 is 3.22. The number of rotatable bonds is 3. The minimum atomic E-state index is -4.41. The molecule has 1 unspecified atom stereocenters. The first-order valence-electron chi connectivity index (χ1n) is 5.74. The van der Waals surface area contributed by atoms with Crippen molar-refractivity contribution in [3.8, 4) is 0 Å². The number of halogens is 4. The van der Waals surface area contributed by atoms with Crippen molar-refractivity contribution >= 4 is 15.9 Å². The molecular formula is C12H12BrF3N4. The van der Waals surface area contributed by atoms with E-state index in [9.17, 15) is 13.2 Å². The lowest BCUT2D eigenvalue weighted by atomic mass is 9.98. The normalized spacial score (nSPS) is 13.5. The van der Waals surface area contributed by atoms with Crippen LogP contribution in [0, 0.1) is 0 Å². The number of aromatic nitrogens is 3. The summed E-state index contributed by atoms with van der Waals surface area (Å²) in [6, 6.07) is 4.80. The number of benzene rings is 1. The molecule has 1 aromatic carbocycles. The van der Waals surface area contributed by atoms with E-state index >= 15 is 0 Å². The van der Waals surface area contributed by atoms with Crippen LogP contribution in [0.25, 0.3) is 0 Å². The van der Waals surface area contributed by atoms with Crippen molar-refractivity contribution in [2.24, 2.45) is 7.05 Å². The molecule has 1 heterocycles. The minimum Gasteiger partial charge on any atom is -0.308 e. The first kappa shape index (κ1) is 15.0. The van der Waals surface area contributed by atoms with Crippen molar-refractivity contribution in [1.82, 2.24) is 20.3 Å². The number of nitrogens with one attached hydrogen (secondary N) is 1. The molecule has 0 saturated carbocycles. The Balaban J connectivity index is 2.60. The molecule has 0 saturated heterocycles. The average Bonchev–Trinajstić information content (AvgIpc) is 2.71. The van der Waals surface area contributed by atoms with Gasteiger partial charge in [0.25, 0.3) is 0 Å². The summed E-state index contributed by atoms with van der Waals surface area (Å²) in [5.41, 5.74) is -0.00903. The molecule has 0 aliphatic carbocycles. The second-order valence-corrected chi connectivity index (χ2v) is 4.95. The maximum Gasteiger partial charge on any atom is 0.416 e. The van der Waals surface area contributed by atoms with E-state index in [0.29, 0.717) is 10.3 Å². The molecular weight excluding hydrogens is 337 g/mol. The van der Waals surface area contributed by atoms with Gasteiger partial charge in [-0.05, 0) is 34.6 Å². The summed E-state index contributed by atoms with van der Waals surface area (Å²) in [5, 5.41) is 10.5. The molecule has 1 atom stereocenters. The number of nitrogens with zero attached hydrogens (tertiary/aromatic N) is 3. The third-order valence-corrected chi connectivity index (χ3v) is 3.53. The number of hydrogen-bond donors (Lipinski definition) is 1. The Labute approximate surface area is 122 Å². The molecule has 1 aromatic heterocycles. The SMILES string of the molecule is CNC(c1ccccc1C(F)(F)F)c1c(Br)nnn1C. The van der Waals surface area contributed by atoms with Crippen LogP contribution in [0.1, 0.15) is 22.9 Å². The van der Waals surface area contributed by atoms with Gasteiger partial charge in [0.2, 0.25) is 0 Å². The summed E-state index contributed by atoms with van der Waals surface area (Å²) < 4.78 is 41.2. The molecule has 0 radical (unpaired) electrons. The third-order valence-electron chi connectivity index (χ3n) is 2.97. The average molecular weight is 349 g/mol. The fraction of sp³-hybridized carbons (Fsp3) is 0.333. The largest absolute Gasteiger partial charge is 0.416 e. The minimum absolute atomic E-state index is 0.133. The van der Waals surface area contributed by atoms with Crippen LogP contribution < -0.4 is 5.32 Å². The van der Waals surface area contributed by atoms with Crippen LogP contribution in [-0.4, -0.2) is 22.0 Å². The molecule has 108 valence electrons. The van der Waals surface area contributed by atoms with Crippen LogP contribution >= 0.6 is 15.9 Å². The smallest absolute Gasteiger partial charge is 0.308 e. The first-order chi connectivity index (χ1) is 9.36. The van der Waals surface area contributed by atoms with Crippen LogP contribution in [0.5, 0.6) is 0 Å². The van der Waals surface area contributed by atoms with Gasteiger partial charge in [0, 0.05) is 7.05 Å². The van der Waals surface area contributed by atoms with E-state index in [-0.39, 0.29) is 5.56 Å². The standard InChI is InChI=1S/C12H12BrF3N4/c1-17-9(10-11(13)18-19-20(10)2)7-5-3-4-6-8(7)12(14,15)16/h3-6,9,17H,1-2H3. The predicted molar refractivity (Wildman–Crippen MR) is 71.0 cm³/mol. The van der Waals surface area contributed by atoms with E-state index in [2.05, 4.69) is 31.6 Å². The Morgan fingerprint density at radius 2 is 1.95 bits per heavy atom. The molecule has 0 fully saturated rings. The highest BCUT2D eigenvalue weighted by Gasteiger charge is 2.36. The van der Waals surface area contributed by atoms with Gasteiger partial charge in [-0.1, -0.05) is 23.4 Å². The van der Waals surface area contributed by atoms with Crippen LogP contribution in [0.15, 0.2) is 28.9 Å². The zero-order valence-electron chi connectivity index (χ0n) is 10.7. The molecule has 1 N–H and O–H groups in total. The molecule has 0 bridgehead atoms. The Kier molecular flexibility index (Phi) is 4.14. The van der Waals surface area contributed by atoms with Crippen molar-refractivity contribution in [3.63, 3.8) is 0 Å². The molecule has 2 aromatic rings. The van der Waals surface area contributed by atoms with Gasteiger partial charge >= 0.3 is 6.18 Å². The second-order valence-electron chi connectivity index (χ2n) is 4.20. The van der Waals surface area contributed by atoms with Crippen molar-refractivity contribution < 1.29 is 13.2 Å². The van der Waals surface area contributed by atoms with E-state index in [1.165, 1.54) is 16.8 Å². The van der Waals surface area contributed by atoms with Crippen LogP contribution in [0.4, 0.5) is 13.2 Å². The van der Waals surface area contributed by atoms with Gasteiger partial charge < -0.3 is 5.32 Å². The highest BCUT2D eigenvalue weighted by molar-refractivity contribution is 9.10. The lowest BCUT2D eigenvalue weighted by molar-refractivity contribution is -0.138. The maximum absolute atomic E-state index is 13.1. The third kappa shape index (κ3) is 2.71. The predicted octanol–water partition coefficient (Wildman–Crippen LogP) is 2.91. The molecule has 0 spiro atoms. The lowest BCUT2D eigenvalue weighted by Gasteiger charge is -2.21. The molecule has 4 nitrogen and oxygen atoms in total. The van der Waals surface area contributed by atoms with Gasteiger partial charge in [0.05, 0.1) is 17.3 Å². The Morgan fingerprint density at radius 3 is 2.45 bits per heavy atom. The fourth-order valence-corrected chi connectivity index (χ4v) is 2.65. The molecule has 0 amide bonds. The van der Waals surface area contributed by atoms with Gasteiger partial charge in [-0.2, -0.15) is 13.2 Å². The van der Waals surface area contributed by atoms with Crippen molar-refractivity contribution in [1.29, 1.82) is 0 Å². The van der Waals surface area contributed by atoms with Crippen LogP contribution in [0.2, 0.25) is 0 Å². The van der Waals surface area contributed by atoms with Gasteiger partial charge in [-0.3, -0.25) is 0 Å². The number of alkyl halides is 3. The molecule has 8 heteroatoms. The maximum atomic E-state index is 13.1. The highest BCUT2D eigenvalue weighted by atomic mass is 79.9. The van der Waals surface area contributed by atoms with Crippen molar-refractivity contribution in [2.45, 2.75) is 12.2 Å². The molecule has 0 aliphatic heterocycles. The molecule has 20 heavy (non-hydrogen) atoms. The monoisotopic (exact) mass is 348 g/mol. The number of hydrogen-bond acceptors (Lipinski definition) is 3. The zero-order valence-corrected chi connectivity index (χ0v) is 12.3. The van der Waals surface area contributed by atoms with E-state index in [1.807, 2.05) is 0 Å². The fourth-order valence-electron chi connectivity index (χ4n) is 2.09. The lowest BCUT2D eigenvalue weighted by Crippen LogP contribution is -2.24. The van der Waals surface area contributed by atoms with E-state index in [1.54, 1.807) is 20.2 Å². The van der Waals surface area contributed by atoms with Gasteiger partial charge in [0.15, 0.2) is 4.60 Å². The van der Waals surface area contributed by atoms with Gasteiger partial charge in [-0.25, -0.2) is 4.68 Å². The Bertz CT molecular complexity index is 589. The van der Waals surface area contributed by atoms with Crippen LogP contribution in [0.3, 0.4) is 0 Å². The summed E-state index contributed by atoms with van der Waals surface area (Å²) in [4.78, 5) is 0. The van der Waals surface area contributed by atoms with E-state index in [0.717, 1.165) is 6.07 Å². The Morgan fingerprint density at radius 1 is 1.30 bits per heavy atom. The summed E-state index contributed by atoms with van der Waals surface area (Å²) in [6.45, 7) is 0. The first-order valence-corrected chi connectivity index (χ1v) is 6.54. The summed E-state index contributed by atoms with van der Waals surface area (Å²) in [7, 11) is 3.23. The number of aryl methyl sites for hydroxylation is 1. The van der Waals surface area contributed by atoms with E-state index in [4.69, 9.17) is 0 Å². The van der Waals surface area contributed by atoms with Crippen LogP contribution in [-0.2, 0) is 13.2 Å². The van der Waals surface area contributed by atoms with Gasteiger partial charge in [0.1, 0.15) is 0 Å². The molecule has 0 aliphatic rings. The highest BCUT2D eigenvalue weighted by Crippen LogP contribution is 2.37. The zero-order chi connectivity index (χ0) is 14.9. The Hall–Kier alpha value is -1.41. The summed E-state index contributed by atoms with van der Waals surface area (Å²) in [5.74, 6) is 0. The van der Waals surface area contributed by atoms with Gasteiger partial charge in [-0.15, -0.1) is 5.10 Å². The molecule has 2 rings (SSSR count). The van der Waals surface area contributed by atoms with E-state index < -0.39 is 17.8 Å².